The maximum absolute atomic E-state index is 12.0. The number of rotatable bonds is 18. The SMILES string of the molecule is CCCCCC/C=C/CCCCCCCC(=O)O[C@H](CC(=O)[O-])C[N+](C)(C)C. The van der Waals surface area contributed by atoms with Crippen LogP contribution in [-0.4, -0.2) is 50.2 Å². The number of unbranched alkanes of at least 4 members (excludes halogenated alkanes) is 9. The van der Waals surface area contributed by atoms with Gasteiger partial charge < -0.3 is 19.1 Å². The van der Waals surface area contributed by atoms with Crippen molar-refractivity contribution in [2.45, 2.75) is 96.5 Å². The summed E-state index contributed by atoms with van der Waals surface area (Å²) in [6.07, 6.45) is 17.1. The predicted molar refractivity (Wildman–Crippen MR) is 113 cm³/mol. The van der Waals surface area contributed by atoms with Crippen LogP contribution < -0.4 is 5.11 Å². The summed E-state index contributed by atoms with van der Waals surface area (Å²) in [7, 11) is 5.83. The number of aliphatic carboxylic acids is 1. The maximum Gasteiger partial charge on any atom is 0.306 e. The third-order valence-corrected chi connectivity index (χ3v) is 4.59. The van der Waals surface area contributed by atoms with Crippen molar-refractivity contribution in [3.63, 3.8) is 0 Å². The smallest absolute Gasteiger partial charge is 0.306 e. The first-order valence-electron chi connectivity index (χ1n) is 11.1. The van der Waals surface area contributed by atoms with Crippen LogP contribution in [0.3, 0.4) is 0 Å². The van der Waals surface area contributed by atoms with Crippen molar-refractivity contribution >= 4 is 11.9 Å². The van der Waals surface area contributed by atoms with E-state index in [1.165, 1.54) is 44.9 Å². The van der Waals surface area contributed by atoms with Gasteiger partial charge in [-0.1, -0.05) is 57.6 Å². The molecule has 0 spiro atoms. The Kier molecular flexibility index (Phi) is 15.8. The van der Waals surface area contributed by atoms with Crippen LogP contribution in [0.2, 0.25) is 0 Å². The lowest BCUT2D eigenvalue weighted by Crippen LogP contribution is -2.45. The van der Waals surface area contributed by atoms with Crippen LogP contribution in [0.1, 0.15) is 90.4 Å². The minimum atomic E-state index is -1.18. The van der Waals surface area contributed by atoms with E-state index >= 15 is 0 Å². The number of ether oxygens (including phenoxy) is 1. The van der Waals surface area contributed by atoms with Gasteiger partial charge in [-0.25, -0.2) is 0 Å². The Morgan fingerprint density at radius 1 is 0.893 bits per heavy atom. The lowest BCUT2D eigenvalue weighted by Gasteiger charge is -2.29. The van der Waals surface area contributed by atoms with E-state index < -0.39 is 12.1 Å². The van der Waals surface area contributed by atoms with Crippen molar-refractivity contribution in [3.05, 3.63) is 12.2 Å². The molecule has 28 heavy (non-hydrogen) atoms. The number of carbonyl (C=O) groups excluding carboxylic acids is 2. The summed E-state index contributed by atoms with van der Waals surface area (Å²) >= 11 is 0. The zero-order valence-corrected chi connectivity index (χ0v) is 18.7. The fourth-order valence-electron chi connectivity index (χ4n) is 3.17. The molecule has 1 atom stereocenters. The summed E-state index contributed by atoms with van der Waals surface area (Å²) in [5.41, 5.74) is 0. The first-order chi connectivity index (χ1) is 13.2. The fourth-order valence-corrected chi connectivity index (χ4v) is 3.17. The number of quaternary nitrogens is 1. The van der Waals surface area contributed by atoms with Crippen LogP contribution in [0.5, 0.6) is 0 Å². The number of carbonyl (C=O) groups is 2. The number of likely N-dealkylation sites (N-methyl/N-ethyl adjacent to an activating group) is 1. The van der Waals surface area contributed by atoms with Gasteiger partial charge in [-0.15, -0.1) is 0 Å². The molecule has 0 aliphatic rings. The third-order valence-electron chi connectivity index (χ3n) is 4.59. The second-order valence-corrected chi connectivity index (χ2v) is 8.79. The molecule has 0 aromatic heterocycles. The van der Waals surface area contributed by atoms with Crippen LogP contribution in [0.25, 0.3) is 0 Å². The zero-order valence-electron chi connectivity index (χ0n) is 18.7. The number of allylic oxidation sites excluding steroid dienone is 2. The van der Waals surface area contributed by atoms with E-state index in [0.29, 0.717) is 17.4 Å². The molecule has 0 aliphatic heterocycles. The molecule has 0 N–H and O–H groups in total. The van der Waals surface area contributed by atoms with Crippen LogP contribution >= 0.6 is 0 Å². The number of carboxylic acid groups (broad SMARTS) is 1. The maximum atomic E-state index is 12.0. The Bertz CT molecular complexity index is 440. The highest BCUT2D eigenvalue weighted by atomic mass is 16.5. The standard InChI is InChI=1S/C23H43NO4/c1-5-6-7-8-9-10-11-12-13-14-15-16-17-18-23(27)28-21(19-22(25)26)20-24(2,3)4/h10-11,21H,5-9,12-20H2,1-4H3/b11-10+/t21-/m1/s1. The van der Waals surface area contributed by atoms with E-state index in [9.17, 15) is 14.7 Å². The molecule has 164 valence electrons. The average Bonchev–Trinajstić information content (AvgIpc) is 2.56. The van der Waals surface area contributed by atoms with E-state index in [2.05, 4.69) is 19.1 Å². The molecule has 0 aliphatic carbocycles. The second kappa shape index (κ2) is 16.6. The molecule has 0 radical (unpaired) electrons. The van der Waals surface area contributed by atoms with Crippen molar-refractivity contribution in [1.29, 1.82) is 0 Å². The fraction of sp³-hybridized carbons (Fsp3) is 0.826. The Morgan fingerprint density at radius 3 is 1.96 bits per heavy atom. The van der Waals surface area contributed by atoms with Crippen LogP contribution in [-0.2, 0) is 14.3 Å². The molecule has 0 aromatic carbocycles. The van der Waals surface area contributed by atoms with Crippen LogP contribution in [0, 0.1) is 0 Å². The van der Waals surface area contributed by atoms with Crippen molar-refractivity contribution in [1.82, 2.24) is 0 Å². The molecular weight excluding hydrogens is 354 g/mol. The van der Waals surface area contributed by atoms with Gasteiger partial charge >= 0.3 is 5.97 Å². The Hall–Kier alpha value is -1.36. The predicted octanol–water partition coefficient (Wildman–Crippen LogP) is 4.00. The highest BCUT2D eigenvalue weighted by molar-refractivity contribution is 5.70. The quantitative estimate of drug-likeness (QED) is 0.152. The van der Waals surface area contributed by atoms with Gasteiger partial charge in [0.25, 0.3) is 0 Å². The number of carboxylic acids is 1. The van der Waals surface area contributed by atoms with Gasteiger partial charge in [-0.05, 0) is 32.1 Å². The summed E-state index contributed by atoms with van der Waals surface area (Å²) in [6, 6.07) is 0. The summed E-state index contributed by atoms with van der Waals surface area (Å²) in [6.45, 7) is 2.70. The molecule has 0 aromatic rings. The van der Waals surface area contributed by atoms with Gasteiger partial charge in [0.1, 0.15) is 6.54 Å². The minimum absolute atomic E-state index is 0.243. The number of hydrogen-bond donors (Lipinski definition) is 0. The largest absolute Gasteiger partial charge is 0.550 e. The normalized spacial score (nSPS) is 13.0. The Morgan fingerprint density at radius 2 is 1.43 bits per heavy atom. The summed E-state index contributed by atoms with van der Waals surface area (Å²) in [4.78, 5) is 22.8. The van der Waals surface area contributed by atoms with Crippen molar-refractivity contribution in [2.75, 3.05) is 27.7 Å². The van der Waals surface area contributed by atoms with Gasteiger partial charge in [0.15, 0.2) is 6.10 Å². The summed E-state index contributed by atoms with van der Waals surface area (Å²) in [5.74, 6) is -1.48. The number of nitrogens with zero attached hydrogens (tertiary/aromatic N) is 1. The topological polar surface area (TPSA) is 66.4 Å². The first kappa shape index (κ1) is 26.6. The van der Waals surface area contributed by atoms with Gasteiger partial charge in [0.2, 0.25) is 0 Å². The molecule has 5 nitrogen and oxygen atoms in total. The summed E-state index contributed by atoms with van der Waals surface area (Å²) in [5, 5.41) is 10.8. The van der Waals surface area contributed by atoms with Gasteiger partial charge in [-0.2, -0.15) is 0 Å². The lowest BCUT2D eigenvalue weighted by atomic mass is 10.1. The Balaban J connectivity index is 3.72. The van der Waals surface area contributed by atoms with Gasteiger partial charge in [0.05, 0.1) is 21.1 Å². The van der Waals surface area contributed by atoms with Crippen molar-refractivity contribution < 1.29 is 23.9 Å². The first-order valence-corrected chi connectivity index (χ1v) is 11.1. The number of hydrogen-bond acceptors (Lipinski definition) is 4. The minimum Gasteiger partial charge on any atom is -0.550 e. The van der Waals surface area contributed by atoms with E-state index in [-0.39, 0.29) is 12.4 Å². The van der Waals surface area contributed by atoms with Gasteiger partial charge in [-0.3, -0.25) is 4.79 Å². The molecular formula is C23H43NO4. The second-order valence-electron chi connectivity index (χ2n) is 8.79. The molecule has 0 bridgehead atoms. The van der Waals surface area contributed by atoms with Gasteiger partial charge in [0, 0.05) is 18.8 Å². The molecule has 0 amide bonds. The molecule has 5 heteroatoms. The lowest BCUT2D eigenvalue weighted by molar-refractivity contribution is -0.873. The molecule has 0 unspecified atom stereocenters. The summed E-state index contributed by atoms with van der Waals surface area (Å²) < 4.78 is 5.90. The van der Waals surface area contributed by atoms with E-state index in [1.807, 2.05) is 21.1 Å². The van der Waals surface area contributed by atoms with E-state index in [0.717, 1.165) is 25.7 Å². The number of esters is 1. The van der Waals surface area contributed by atoms with E-state index in [1.54, 1.807) is 0 Å². The van der Waals surface area contributed by atoms with Crippen LogP contribution in [0.15, 0.2) is 12.2 Å². The van der Waals surface area contributed by atoms with E-state index in [4.69, 9.17) is 4.74 Å². The molecule has 0 saturated carbocycles. The molecule has 0 heterocycles. The Labute approximate surface area is 172 Å². The third kappa shape index (κ3) is 19.4. The molecule has 0 saturated heterocycles. The average molecular weight is 398 g/mol. The monoisotopic (exact) mass is 397 g/mol. The van der Waals surface area contributed by atoms with Crippen LogP contribution in [0.4, 0.5) is 0 Å². The van der Waals surface area contributed by atoms with Crippen molar-refractivity contribution in [3.8, 4) is 0 Å². The molecule has 0 rings (SSSR count). The highest BCUT2D eigenvalue weighted by Crippen LogP contribution is 2.11. The molecule has 0 fully saturated rings. The van der Waals surface area contributed by atoms with Crippen molar-refractivity contribution in [2.24, 2.45) is 0 Å². The zero-order chi connectivity index (χ0) is 21.3. The highest BCUT2D eigenvalue weighted by Gasteiger charge is 2.22.